The minimum absolute atomic E-state index is 0.581. The van der Waals surface area contributed by atoms with Crippen molar-refractivity contribution in [3.8, 4) is 84.9 Å². The zero-order chi connectivity index (χ0) is 38.6. The van der Waals surface area contributed by atoms with Crippen molar-refractivity contribution in [1.29, 1.82) is 5.26 Å². The summed E-state index contributed by atoms with van der Waals surface area (Å²) in [6, 6.07) is 71.9. The highest BCUT2D eigenvalue weighted by Gasteiger charge is 2.51. The molecule has 270 valence electrons. The number of benzene rings is 8. The fraction of sp³-hybridized carbons (Fsp3) is 0.0185. The van der Waals surface area contributed by atoms with E-state index in [1.54, 1.807) is 0 Å². The molecule has 0 N–H and O–H groups in total. The van der Waals surface area contributed by atoms with Crippen LogP contribution in [0.4, 0.5) is 0 Å². The Balaban J connectivity index is 1.07. The number of rotatable bonds is 5. The summed E-state index contributed by atoms with van der Waals surface area (Å²) in [7, 11) is 0. The Bertz CT molecular complexity index is 2990. The number of aromatic nitrogens is 2. The van der Waals surface area contributed by atoms with Gasteiger partial charge >= 0.3 is 0 Å². The summed E-state index contributed by atoms with van der Waals surface area (Å²) in [4.78, 5) is 10.1. The molecule has 1 aliphatic carbocycles. The van der Waals surface area contributed by atoms with Gasteiger partial charge in [-0.1, -0.05) is 164 Å². The van der Waals surface area contributed by atoms with E-state index in [1.165, 1.54) is 22.3 Å². The second-order valence-electron chi connectivity index (χ2n) is 14.8. The molecule has 2 aliphatic rings. The number of fused-ring (bicyclic) bond motifs is 9. The van der Waals surface area contributed by atoms with Crippen molar-refractivity contribution in [2.24, 2.45) is 0 Å². The summed E-state index contributed by atoms with van der Waals surface area (Å²) in [6.45, 7) is 0. The standard InChI is InChI=1S/C54H33N3O/c55-34-35-22-24-36(25-23-35)40-26-28-47-51(31-40)58-52-32-41(27-29-48(52)54(47)45-20-9-7-18-43(45)44-19-8-10-21-46(44)54)39-16-11-17-42(30-39)50-33-49(37-12-3-1-4-13-37)56-53(57-50)38-14-5-2-6-15-38/h1-33H. The number of ether oxygens (including phenoxy) is 1. The summed E-state index contributed by atoms with van der Waals surface area (Å²) in [6.07, 6.45) is 0. The van der Waals surface area contributed by atoms with Crippen LogP contribution in [0.25, 0.3) is 67.3 Å². The second-order valence-corrected chi connectivity index (χ2v) is 14.8. The van der Waals surface area contributed by atoms with Gasteiger partial charge in [0.2, 0.25) is 0 Å². The van der Waals surface area contributed by atoms with Crippen LogP contribution in [0.5, 0.6) is 11.5 Å². The fourth-order valence-corrected chi connectivity index (χ4v) is 8.93. The molecule has 9 aromatic rings. The zero-order valence-corrected chi connectivity index (χ0v) is 31.3. The molecule has 11 rings (SSSR count). The van der Waals surface area contributed by atoms with E-state index in [4.69, 9.17) is 14.7 Å². The highest BCUT2D eigenvalue weighted by atomic mass is 16.5. The molecule has 0 radical (unpaired) electrons. The van der Waals surface area contributed by atoms with Crippen molar-refractivity contribution in [1.82, 2.24) is 9.97 Å². The first kappa shape index (κ1) is 33.5. The van der Waals surface area contributed by atoms with Crippen molar-refractivity contribution in [2.75, 3.05) is 0 Å². The first-order chi connectivity index (χ1) is 28.7. The zero-order valence-electron chi connectivity index (χ0n) is 31.3. The van der Waals surface area contributed by atoms with Crippen LogP contribution in [0.3, 0.4) is 0 Å². The van der Waals surface area contributed by atoms with Crippen LogP contribution in [0.2, 0.25) is 0 Å². The highest BCUT2D eigenvalue weighted by Crippen LogP contribution is 2.62. The van der Waals surface area contributed by atoms with Gasteiger partial charge in [0, 0.05) is 27.8 Å². The van der Waals surface area contributed by atoms with E-state index in [9.17, 15) is 5.26 Å². The van der Waals surface area contributed by atoms with Gasteiger partial charge in [-0.2, -0.15) is 5.26 Å². The lowest BCUT2D eigenvalue weighted by Gasteiger charge is -2.39. The molecule has 0 saturated heterocycles. The van der Waals surface area contributed by atoms with E-state index in [0.29, 0.717) is 11.4 Å². The number of hydrogen-bond donors (Lipinski definition) is 0. The molecule has 0 amide bonds. The van der Waals surface area contributed by atoms with E-state index >= 15 is 0 Å². The van der Waals surface area contributed by atoms with Crippen LogP contribution < -0.4 is 4.74 Å². The normalized spacial score (nSPS) is 12.7. The minimum Gasteiger partial charge on any atom is -0.457 e. The van der Waals surface area contributed by atoms with Gasteiger partial charge in [-0.15, -0.1) is 0 Å². The maximum Gasteiger partial charge on any atom is 0.160 e. The Morgan fingerprint density at radius 1 is 0.379 bits per heavy atom. The Kier molecular flexibility index (Phi) is 7.74. The van der Waals surface area contributed by atoms with Gasteiger partial charge in [0.05, 0.1) is 28.4 Å². The lowest BCUT2D eigenvalue weighted by Crippen LogP contribution is -2.32. The van der Waals surface area contributed by atoms with E-state index in [1.807, 2.05) is 60.7 Å². The number of hydrogen-bond acceptors (Lipinski definition) is 4. The van der Waals surface area contributed by atoms with Crippen LogP contribution >= 0.6 is 0 Å². The molecule has 0 atom stereocenters. The summed E-state index contributed by atoms with van der Waals surface area (Å²) in [5, 5.41) is 9.44. The van der Waals surface area contributed by atoms with Crippen molar-refractivity contribution in [3.05, 3.63) is 228 Å². The molecule has 1 aliphatic heterocycles. The van der Waals surface area contributed by atoms with Crippen LogP contribution in [0.1, 0.15) is 27.8 Å². The van der Waals surface area contributed by atoms with Crippen molar-refractivity contribution in [3.63, 3.8) is 0 Å². The number of nitrogens with zero attached hydrogens (tertiary/aromatic N) is 3. The Morgan fingerprint density at radius 3 is 1.48 bits per heavy atom. The van der Waals surface area contributed by atoms with Gasteiger partial charge in [-0.25, -0.2) is 9.97 Å². The topological polar surface area (TPSA) is 58.8 Å². The van der Waals surface area contributed by atoms with E-state index < -0.39 is 5.41 Å². The molecule has 1 aromatic heterocycles. The first-order valence-corrected chi connectivity index (χ1v) is 19.4. The Morgan fingerprint density at radius 2 is 0.862 bits per heavy atom. The summed E-state index contributed by atoms with van der Waals surface area (Å²) >= 11 is 0. The second kappa shape index (κ2) is 13.4. The fourth-order valence-electron chi connectivity index (χ4n) is 8.93. The first-order valence-electron chi connectivity index (χ1n) is 19.4. The van der Waals surface area contributed by atoms with E-state index in [-0.39, 0.29) is 0 Å². The van der Waals surface area contributed by atoms with Gasteiger partial charge in [0.25, 0.3) is 0 Å². The lowest BCUT2D eigenvalue weighted by molar-refractivity contribution is 0.437. The SMILES string of the molecule is N#Cc1ccc(-c2ccc3c(c2)Oc2cc(-c4cccc(-c5cc(-c6ccccc6)nc(-c6ccccc6)n5)c4)ccc2C32c3ccccc3-c3ccccc32)cc1. The third kappa shape index (κ3) is 5.29. The van der Waals surface area contributed by atoms with E-state index in [0.717, 1.165) is 73.0 Å². The maximum atomic E-state index is 9.44. The molecule has 1 spiro atoms. The monoisotopic (exact) mass is 739 g/mol. The van der Waals surface area contributed by atoms with Crippen molar-refractivity contribution < 1.29 is 4.74 Å². The Labute approximate surface area is 337 Å². The molecule has 4 heteroatoms. The quantitative estimate of drug-likeness (QED) is 0.176. The number of nitriles is 1. The molecule has 58 heavy (non-hydrogen) atoms. The third-order valence-electron chi connectivity index (χ3n) is 11.6. The molecule has 0 unspecified atom stereocenters. The molecular formula is C54H33N3O. The van der Waals surface area contributed by atoms with Crippen LogP contribution in [0, 0.1) is 11.3 Å². The smallest absolute Gasteiger partial charge is 0.160 e. The van der Waals surface area contributed by atoms with Crippen molar-refractivity contribution in [2.45, 2.75) is 5.41 Å². The van der Waals surface area contributed by atoms with Gasteiger partial charge in [0.15, 0.2) is 5.82 Å². The van der Waals surface area contributed by atoms with E-state index in [2.05, 4.69) is 146 Å². The summed E-state index contributed by atoms with van der Waals surface area (Å²) in [5.41, 5.74) is 16.1. The molecule has 0 fully saturated rings. The predicted octanol–water partition coefficient (Wildman–Crippen LogP) is 13.2. The van der Waals surface area contributed by atoms with Crippen LogP contribution in [-0.2, 0) is 5.41 Å². The largest absolute Gasteiger partial charge is 0.457 e. The van der Waals surface area contributed by atoms with Gasteiger partial charge in [-0.3, -0.25) is 0 Å². The molecule has 2 heterocycles. The van der Waals surface area contributed by atoms with Gasteiger partial charge in [0.1, 0.15) is 11.5 Å². The van der Waals surface area contributed by atoms with Crippen LogP contribution in [0.15, 0.2) is 200 Å². The molecule has 0 bridgehead atoms. The summed E-state index contributed by atoms with van der Waals surface area (Å²) in [5.74, 6) is 2.32. The average Bonchev–Trinajstić information content (AvgIpc) is 3.59. The molecular weight excluding hydrogens is 707 g/mol. The predicted molar refractivity (Wildman–Crippen MR) is 231 cm³/mol. The lowest BCUT2D eigenvalue weighted by atomic mass is 9.65. The average molecular weight is 740 g/mol. The Hall–Kier alpha value is -7.87. The van der Waals surface area contributed by atoms with Crippen LogP contribution in [-0.4, -0.2) is 9.97 Å². The molecule has 0 saturated carbocycles. The third-order valence-corrected chi connectivity index (χ3v) is 11.6. The summed E-state index contributed by atoms with van der Waals surface area (Å²) < 4.78 is 7.03. The van der Waals surface area contributed by atoms with Gasteiger partial charge in [-0.05, 0) is 80.9 Å². The maximum absolute atomic E-state index is 9.44. The molecule has 8 aromatic carbocycles. The highest BCUT2D eigenvalue weighted by molar-refractivity contribution is 5.90. The molecule has 4 nitrogen and oxygen atoms in total. The minimum atomic E-state index is -0.581. The van der Waals surface area contributed by atoms with Crippen molar-refractivity contribution >= 4 is 0 Å². The van der Waals surface area contributed by atoms with Gasteiger partial charge < -0.3 is 4.74 Å².